The molecule has 0 unspecified atom stereocenters. The molecule has 0 saturated carbocycles. The molecule has 2 aromatic carbocycles. The van der Waals surface area contributed by atoms with Crippen LogP contribution in [-0.2, 0) is 6.18 Å². The number of aryl methyl sites for hydroxylation is 1. The Morgan fingerprint density at radius 3 is 2.34 bits per heavy atom. The van der Waals surface area contributed by atoms with Gasteiger partial charge in [-0.1, -0.05) is 29.8 Å². The van der Waals surface area contributed by atoms with Crippen molar-refractivity contribution in [1.82, 2.24) is 15.4 Å². The minimum absolute atomic E-state index is 0.0347. The summed E-state index contributed by atoms with van der Waals surface area (Å²) >= 11 is 0. The minimum atomic E-state index is -4.55. The summed E-state index contributed by atoms with van der Waals surface area (Å²) in [7, 11) is 0. The number of nitrogens with one attached hydrogen (secondary N) is 3. The van der Waals surface area contributed by atoms with Gasteiger partial charge in [0, 0.05) is 5.56 Å². The Kier molecular flexibility index (Phi) is 5.53. The van der Waals surface area contributed by atoms with E-state index in [1.54, 1.807) is 24.3 Å². The van der Waals surface area contributed by atoms with Gasteiger partial charge in [0.1, 0.15) is 12.0 Å². The van der Waals surface area contributed by atoms with Crippen LogP contribution >= 0.6 is 0 Å². The fourth-order valence-electron chi connectivity index (χ4n) is 2.45. The summed E-state index contributed by atoms with van der Waals surface area (Å²) in [6.45, 7) is 1.90. The lowest BCUT2D eigenvalue weighted by Crippen LogP contribution is -2.30. The predicted molar refractivity (Wildman–Crippen MR) is 103 cm³/mol. The van der Waals surface area contributed by atoms with Crippen molar-refractivity contribution in [3.8, 4) is 0 Å². The fraction of sp³-hybridized carbons (Fsp3) is 0.105. The molecular weight excluding hydrogens is 385 g/mol. The first-order chi connectivity index (χ1) is 13.8. The van der Waals surface area contributed by atoms with E-state index in [1.807, 2.05) is 6.92 Å². The summed E-state index contributed by atoms with van der Waals surface area (Å²) in [5.41, 5.74) is 11.2. The number of nitrogens with zero attached hydrogens (tertiary/aromatic N) is 2. The number of nitrogen functional groups attached to an aromatic ring is 1. The summed E-state index contributed by atoms with van der Waals surface area (Å²) < 4.78 is 39.5. The minimum Gasteiger partial charge on any atom is -0.393 e. The molecule has 10 heteroatoms. The van der Waals surface area contributed by atoms with E-state index >= 15 is 0 Å². The maximum atomic E-state index is 13.2. The molecule has 0 aliphatic rings. The lowest BCUT2D eigenvalue weighted by Gasteiger charge is -2.16. The van der Waals surface area contributed by atoms with Crippen molar-refractivity contribution in [3.63, 3.8) is 0 Å². The van der Waals surface area contributed by atoms with Crippen molar-refractivity contribution in [1.29, 1.82) is 0 Å². The summed E-state index contributed by atoms with van der Waals surface area (Å²) in [5.74, 6) is -0.434. The number of nitrogens with two attached hydrogens (primary N) is 1. The number of carbonyl (C=O) groups excluding carboxylic acids is 1. The molecule has 29 heavy (non-hydrogen) atoms. The number of hydrogen-bond donors (Lipinski definition) is 4. The van der Waals surface area contributed by atoms with Crippen LogP contribution in [0.15, 0.2) is 54.9 Å². The van der Waals surface area contributed by atoms with E-state index < -0.39 is 17.6 Å². The average molecular weight is 402 g/mol. The third kappa shape index (κ3) is 4.72. The number of benzene rings is 2. The third-order valence-corrected chi connectivity index (χ3v) is 3.98. The highest BCUT2D eigenvalue weighted by Crippen LogP contribution is 2.36. The van der Waals surface area contributed by atoms with Gasteiger partial charge in [-0.05, 0) is 31.2 Å². The standard InChI is InChI=1S/C19H17F3N6O/c1-11-6-8-12(9-7-11)18(29)28-27-17-15(23)16(24-10-25-17)26-14-5-3-2-4-13(14)19(20,21)22/h2-10H,23H2,1H3,(H,28,29)(H2,24,25,26,27). The molecule has 0 spiro atoms. The molecule has 3 rings (SSSR count). The van der Waals surface area contributed by atoms with Crippen LogP contribution in [0.3, 0.4) is 0 Å². The summed E-state index contributed by atoms with van der Waals surface area (Å²) in [5, 5.41) is 2.56. The van der Waals surface area contributed by atoms with E-state index in [2.05, 4.69) is 26.1 Å². The SMILES string of the molecule is Cc1ccc(C(=O)NNc2ncnc(Nc3ccccc3C(F)(F)F)c2N)cc1. The molecule has 150 valence electrons. The van der Waals surface area contributed by atoms with E-state index in [4.69, 9.17) is 5.73 Å². The molecule has 5 N–H and O–H groups in total. The topological polar surface area (TPSA) is 105 Å². The van der Waals surface area contributed by atoms with E-state index in [-0.39, 0.29) is 23.0 Å². The van der Waals surface area contributed by atoms with Crippen molar-refractivity contribution >= 4 is 28.9 Å². The van der Waals surface area contributed by atoms with E-state index in [0.29, 0.717) is 5.56 Å². The van der Waals surface area contributed by atoms with Crippen LogP contribution in [0.4, 0.5) is 36.2 Å². The van der Waals surface area contributed by atoms with Gasteiger partial charge in [0.15, 0.2) is 11.6 Å². The van der Waals surface area contributed by atoms with Crippen LogP contribution in [0, 0.1) is 6.92 Å². The Morgan fingerprint density at radius 1 is 1.00 bits per heavy atom. The van der Waals surface area contributed by atoms with E-state index in [9.17, 15) is 18.0 Å². The highest BCUT2D eigenvalue weighted by atomic mass is 19.4. The Morgan fingerprint density at radius 2 is 1.66 bits per heavy atom. The highest BCUT2D eigenvalue weighted by Gasteiger charge is 2.33. The second kappa shape index (κ2) is 8.05. The number of anilines is 4. The van der Waals surface area contributed by atoms with Gasteiger partial charge in [-0.25, -0.2) is 9.97 Å². The van der Waals surface area contributed by atoms with Crippen LogP contribution in [-0.4, -0.2) is 15.9 Å². The largest absolute Gasteiger partial charge is 0.418 e. The Bertz CT molecular complexity index is 1020. The molecule has 0 radical (unpaired) electrons. The molecule has 1 aromatic heterocycles. The Labute approximate surface area is 164 Å². The third-order valence-electron chi connectivity index (χ3n) is 3.98. The second-order valence-electron chi connectivity index (χ2n) is 6.10. The van der Waals surface area contributed by atoms with Gasteiger partial charge in [-0.3, -0.25) is 15.6 Å². The number of hydrogen-bond acceptors (Lipinski definition) is 6. The second-order valence-corrected chi connectivity index (χ2v) is 6.10. The van der Waals surface area contributed by atoms with Crippen LogP contribution < -0.4 is 21.9 Å². The molecule has 3 aromatic rings. The van der Waals surface area contributed by atoms with Gasteiger partial charge in [-0.2, -0.15) is 13.2 Å². The number of alkyl halides is 3. The quantitative estimate of drug-likeness (QED) is 0.483. The number of amides is 1. The van der Waals surface area contributed by atoms with Crippen LogP contribution in [0.5, 0.6) is 0 Å². The normalized spacial score (nSPS) is 11.0. The summed E-state index contributed by atoms with van der Waals surface area (Å²) in [6.07, 6.45) is -3.44. The molecule has 0 bridgehead atoms. The van der Waals surface area contributed by atoms with Crippen molar-refractivity contribution in [3.05, 3.63) is 71.5 Å². The number of rotatable bonds is 5. The molecule has 1 heterocycles. The molecule has 0 aliphatic carbocycles. The van der Waals surface area contributed by atoms with Gasteiger partial charge in [0.2, 0.25) is 0 Å². The zero-order valence-electron chi connectivity index (χ0n) is 15.2. The molecule has 0 aliphatic heterocycles. The lowest BCUT2D eigenvalue weighted by atomic mass is 10.1. The smallest absolute Gasteiger partial charge is 0.393 e. The van der Waals surface area contributed by atoms with Gasteiger partial charge in [0.05, 0.1) is 11.3 Å². The van der Waals surface area contributed by atoms with Crippen LogP contribution in [0.25, 0.3) is 0 Å². The number of halogens is 3. The number of para-hydroxylation sites is 1. The van der Waals surface area contributed by atoms with Gasteiger partial charge in [0.25, 0.3) is 5.91 Å². The summed E-state index contributed by atoms with van der Waals surface area (Å²) in [6, 6.07) is 11.8. The van der Waals surface area contributed by atoms with Crippen molar-refractivity contribution in [2.45, 2.75) is 13.1 Å². The van der Waals surface area contributed by atoms with Gasteiger partial charge in [-0.15, -0.1) is 0 Å². The Balaban J connectivity index is 1.77. The zero-order valence-corrected chi connectivity index (χ0v) is 15.2. The summed E-state index contributed by atoms with van der Waals surface area (Å²) in [4.78, 5) is 20.0. The van der Waals surface area contributed by atoms with Gasteiger partial charge >= 0.3 is 6.18 Å². The van der Waals surface area contributed by atoms with Crippen LogP contribution in [0.2, 0.25) is 0 Å². The molecule has 1 amide bonds. The van der Waals surface area contributed by atoms with Gasteiger partial charge < -0.3 is 11.1 Å². The first-order valence-electron chi connectivity index (χ1n) is 8.42. The lowest BCUT2D eigenvalue weighted by molar-refractivity contribution is -0.136. The monoisotopic (exact) mass is 402 g/mol. The fourth-order valence-corrected chi connectivity index (χ4v) is 2.45. The van der Waals surface area contributed by atoms with Crippen molar-refractivity contribution in [2.24, 2.45) is 0 Å². The predicted octanol–water partition coefficient (Wildman–Crippen LogP) is 3.89. The molecule has 0 fully saturated rings. The number of hydrazine groups is 1. The highest BCUT2D eigenvalue weighted by molar-refractivity contribution is 5.95. The molecular formula is C19H17F3N6O. The number of aromatic nitrogens is 2. The first kappa shape index (κ1) is 19.9. The molecule has 7 nitrogen and oxygen atoms in total. The first-order valence-corrected chi connectivity index (χ1v) is 8.42. The molecule has 0 saturated heterocycles. The maximum absolute atomic E-state index is 13.2. The van der Waals surface area contributed by atoms with Crippen molar-refractivity contribution < 1.29 is 18.0 Å². The van der Waals surface area contributed by atoms with E-state index in [1.165, 1.54) is 18.2 Å². The molecule has 0 atom stereocenters. The van der Waals surface area contributed by atoms with Crippen LogP contribution in [0.1, 0.15) is 21.5 Å². The number of carbonyl (C=O) groups is 1. The zero-order chi connectivity index (χ0) is 21.0. The Hall–Kier alpha value is -3.82. The van der Waals surface area contributed by atoms with Crippen molar-refractivity contribution in [2.75, 3.05) is 16.5 Å². The average Bonchev–Trinajstić information content (AvgIpc) is 2.68. The maximum Gasteiger partial charge on any atom is 0.418 e. The van der Waals surface area contributed by atoms with E-state index in [0.717, 1.165) is 18.0 Å².